The maximum absolute atomic E-state index is 12.5. The fourth-order valence-electron chi connectivity index (χ4n) is 2.86. The van der Waals surface area contributed by atoms with Crippen molar-refractivity contribution in [3.63, 3.8) is 0 Å². The Morgan fingerprint density at radius 3 is 2.33 bits per heavy atom. The lowest BCUT2D eigenvalue weighted by Crippen LogP contribution is -2.55. The molecule has 2 saturated heterocycles. The fraction of sp³-hybridized carbons (Fsp3) is 0.857. The Bertz CT molecular complexity index is 380. The van der Waals surface area contributed by atoms with Crippen LogP contribution >= 0.6 is 0 Å². The molecule has 0 aromatic carbocycles. The predicted molar refractivity (Wildman–Crippen MR) is 78.9 cm³/mol. The summed E-state index contributed by atoms with van der Waals surface area (Å²) in [5.41, 5.74) is 0. The van der Waals surface area contributed by atoms with Gasteiger partial charge in [-0.1, -0.05) is 0 Å². The minimum absolute atomic E-state index is 0.0981. The third kappa shape index (κ3) is 3.93. The molecule has 2 heterocycles. The molecule has 0 aliphatic carbocycles. The highest BCUT2D eigenvalue weighted by atomic mass is 16.5. The fourth-order valence-corrected chi connectivity index (χ4v) is 2.86. The van der Waals surface area contributed by atoms with Crippen molar-refractivity contribution in [2.45, 2.75) is 6.04 Å². The summed E-state index contributed by atoms with van der Waals surface area (Å²) in [5.74, 6) is 0.176. The Balaban J connectivity index is 1.83. The lowest BCUT2D eigenvalue weighted by atomic mass is 10.0. The van der Waals surface area contributed by atoms with Gasteiger partial charge in [-0.3, -0.25) is 9.59 Å². The van der Waals surface area contributed by atoms with E-state index in [1.54, 1.807) is 0 Å². The van der Waals surface area contributed by atoms with E-state index in [1.165, 1.54) is 0 Å². The number of ether oxygens (including phenoxy) is 1. The predicted octanol–water partition coefficient (Wildman–Crippen LogP) is -1.55. The van der Waals surface area contributed by atoms with Gasteiger partial charge in [0.05, 0.1) is 25.7 Å². The van der Waals surface area contributed by atoms with Crippen molar-refractivity contribution in [2.75, 3.05) is 67.1 Å². The zero-order valence-electron chi connectivity index (χ0n) is 13.2. The monoisotopic (exact) mass is 298 g/mol. The maximum Gasteiger partial charge on any atom is 0.236 e. The molecule has 2 unspecified atom stereocenters. The van der Waals surface area contributed by atoms with Gasteiger partial charge in [-0.2, -0.15) is 0 Å². The van der Waals surface area contributed by atoms with Gasteiger partial charge < -0.3 is 24.8 Å². The molecule has 0 aromatic rings. The molecular formula is C14H26N4O3. The Hall–Kier alpha value is -1.18. The van der Waals surface area contributed by atoms with E-state index in [2.05, 4.69) is 5.32 Å². The van der Waals surface area contributed by atoms with Crippen molar-refractivity contribution in [1.29, 1.82) is 0 Å². The second-order valence-electron chi connectivity index (χ2n) is 5.98. The number of hydrogen-bond donors (Lipinski definition) is 1. The lowest BCUT2D eigenvalue weighted by Gasteiger charge is -2.36. The first-order valence-corrected chi connectivity index (χ1v) is 7.49. The molecule has 120 valence electrons. The summed E-state index contributed by atoms with van der Waals surface area (Å²) >= 11 is 0. The number of nitrogens with zero attached hydrogens (tertiary/aromatic N) is 3. The SMILES string of the molecule is CNC1COCC1C(=O)N1CCN(C(=O)CN(C)C)CC1. The van der Waals surface area contributed by atoms with Gasteiger partial charge in [0, 0.05) is 32.2 Å². The van der Waals surface area contributed by atoms with Crippen LogP contribution in [0.5, 0.6) is 0 Å². The number of piperazine rings is 1. The first kappa shape index (κ1) is 16.2. The van der Waals surface area contributed by atoms with E-state index >= 15 is 0 Å². The van der Waals surface area contributed by atoms with Crippen molar-refractivity contribution in [1.82, 2.24) is 20.0 Å². The average Bonchev–Trinajstić information content (AvgIpc) is 2.94. The van der Waals surface area contributed by atoms with Crippen molar-refractivity contribution >= 4 is 11.8 Å². The molecule has 2 aliphatic heterocycles. The van der Waals surface area contributed by atoms with Crippen LogP contribution in [0.2, 0.25) is 0 Å². The summed E-state index contributed by atoms with van der Waals surface area (Å²) in [6.45, 7) is 3.98. The van der Waals surface area contributed by atoms with E-state index in [9.17, 15) is 9.59 Å². The molecule has 2 amide bonds. The van der Waals surface area contributed by atoms with Gasteiger partial charge in [0.2, 0.25) is 11.8 Å². The molecule has 7 heteroatoms. The minimum Gasteiger partial charge on any atom is -0.379 e. The van der Waals surface area contributed by atoms with E-state index in [0.717, 1.165) is 0 Å². The third-order valence-electron chi connectivity index (χ3n) is 4.16. The van der Waals surface area contributed by atoms with Crippen LogP contribution in [-0.2, 0) is 14.3 Å². The Morgan fingerprint density at radius 1 is 1.14 bits per heavy atom. The smallest absolute Gasteiger partial charge is 0.236 e. The van der Waals surface area contributed by atoms with Gasteiger partial charge in [-0.25, -0.2) is 0 Å². The van der Waals surface area contributed by atoms with E-state index in [1.807, 2.05) is 35.8 Å². The molecule has 2 rings (SSSR count). The number of likely N-dealkylation sites (N-methyl/N-ethyl adjacent to an activating group) is 2. The standard InChI is InChI=1S/C14H26N4O3/c1-15-12-10-21-9-11(12)14(20)18-6-4-17(5-7-18)13(19)8-16(2)3/h11-12,15H,4-10H2,1-3H3. The molecule has 21 heavy (non-hydrogen) atoms. The maximum atomic E-state index is 12.5. The first-order valence-electron chi connectivity index (χ1n) is 7.49. The average molecular weight is 298 g/mol. The van der Waals surface area contributed by atoms with Crippen LogP contribution in [0.1, 0.15) is 0 Å². The van der Waals surface area contributed by atoms with Gasteiger partial charge in [-0.05, 0) is 21.1 Å². The number of carbonyl (C=O) groups is 2. The molecule has 0 spiro atoms. The van der Waals surface area contributed by atoms with E-state index in [-0.39, 0.29) is 23.8 Å². The van der Waals surface area contributed by atoms with Crippen molar-refractivity contribution in [3.05, 3.63) is 0 Å². The van der Waals surface area contributed by atoms with Gasteiger partial charge in [0.25, 0.3) is 0 Å². The van der Waals surface area contributed by atoms with E-state index in [4.69, 9.17) is 4.74 Å². The summed E-state index contributed by atoms with van der Waals surface area (Å²) in [6.07, 6.45) is 0. The van der Waals surface area contributed by atoms with Crippen LogP contribution in [0.3, 0.4) is 0 Å². The molecule has 0 radical (unpaired) electrons. The van der Waals surface area contributed by atoms with Gasteiger partial charge in [0.1, 0.15) is 0 Å². The summed E-state index contributed by atoms with van der Waals surface area (Å²) in [4.78, 5) is 30.1. The largest absolute Gasteiger partial charge is 0.379 e. The Morgan fingerprint density at radius 2 is 1.76 bits per heavy atom. The van der Waals surface area contributed by atoms with Crippen LogP contribution in [0.25, 0.3) is 0 Å². The molecule has 2 atom stereocenters. The van der Waals surface area contributed by atoms with Crippen LogP contribution in [0, 0.1) is 5.92 Å². The van der Waals surface area contributed by atoms with E-state index in [0.29, 0.717) is 45.9 Å². The van der Waals surface area contributed by atoms with Crippen LogP contribution in [0.4, 0.5) is 0 Å². The molecular weight excluding hydrogens is 272 g/mol. The second-order valence-corrected chi connectivity index (χ2v) is 5.98. The molecule has 0 saturated carbocycles. The second kappa shape index (κ2) is 7.20. The highest BCUT2D eigenvalue weighted by molar-refractivity contribution is 5.81. The van der Waals surface area contributed by atoms with Crippen molar-refractivity contribution < 1.29 is 14.3 Å². The highest BCUT2D eigenvalue weighted by Crippen LogP contribution is 2.17. The Kier molecular flexibility index (Phi) is 5.55. The normalized spacial score (nSPS) is 26.5. The van der Waals surface area contributed by atoms with Gasteiger partial charge in [0.15, 0.2) is 0 Å². The zero-order valence-corrected chi connectivity index (χ0v) is 13.2. The third-order valence-corrected chi connectivity index (χ3v) is 4.16. The topological polar surface area (TPSA) is 65.1 Å². The lowest BCUT2D eigenvalue weighted by molar-refractivity contribution is -0.142. The van der Waals surface area contributed by atoms with Crippen LogP contribution in [-0.4, -0.2) is 99.6 Å². The van der Waals surface area contributed by atoms with Crippen molar-refractivity contribution in [3.8, 4) is 0 Å². The van der Waals surface area contributed by atoms with Crippen molar-refractivity contribution in [2.24, 2.45) is 5.92 Å². The van der Waals surface area contributed by atoms with E-state index < -0.39 is 0 Å². The number of amides is 2. The first-order chi connectivity index (χ1) is 10.0. The summed E-state index contributed by atoms with van der Waals surface area (Å²) in [6, 6.07) is 0.103. The molecule has 2 aliphatic rings. The molecule has 0 aromatic heterocycles. The minimum atomic E-state index is -0.0981. The molecule has 1 N–H and O–H groups in total. The molecule has 2 fully saturated rings. The van der Waals surface area contributed by atoms with Crippen LogP contribution in [0.15, 0.2) is 0 Å². The van der Waals surface area contributed by atoms with Gasteiger partial charge in [-0.15, -0.1) is 0 Å². The summed E-state index contributed by atoms with van der Waals surface area (Å²) in [7, 11) is 5.63. The zero-order chi connectivity index (χ0) is 15.4. The number of carbonyl (C=O) groups excluding carboxylic acids is 2. The highest BCUT2D eigenvalue weighted by Gasteiger charge is 2.36. The molecule has 7 nitrogen and oxygen atoms in total. The number of hydrogen-bond acceptors (Lipinski definition) is 5. The van der Waals surface area contributed by atoms with Crippen LogP contribution < -0.4 is 5.32 Å². The quantitative estimate of drug-likeness (QED) is 0.681. The summed E-state index contributed by atoms with van der Waals surface area (Å²) in [5, 5.41) is 3.14. The molecule has 0 bridgehead atoms. The summed E-state index contributed by atoms with van der Waals surface area (Å²) < 4.78 is 5.40. The number of nitrogens with one attached hydrogen (secondary N) is 1. The number of rotatable bonds is 4. The van der Waals surface area contributed by atoms with Gasteiger partial charge >= 0.3 is 0 Å². The Labute approximate surface area is 126 Å².